The van der Waals surface area contributed by atoms with Crippen molar-refractivity contribution in [2.75, 3.05) is 5.73 Å². The zero-order chi connectivity index (χ0) is 32.3. The Labute approximate surface area is 262 Å². The topological polar surface area (TPSA) is 88.1 Å². The third-order valence-electron chi connectivity index (χ3n) is 7.94. The number of ether oxygens (including phenoxy) is 2. The number of fused-ring (bicyclic) bond motifs is 3. The van der Waals surface area contributed by atoms with Crippen LogP contribution in [0.15, 0.2) is 91.5 Å². The number of nitrogens with two attached hydrogens (primary N) is 1. The zero-order valence-electron chi connectivity index (χ0n) is 25.2. The van der Waals surface area contributed by atoms with Crippen LogP contribution in [0.1, 0.15) is 37.9 Å². The van der Waals surface area contributed by atoms with Crippen LogP contribution in [-0.2, 0) is 0 Å². The summed E-state index contributed by atoms with van der Waals surface area (Å²) in [5.74, 6) is -0.184. The molecule has 0 amide bonds. The molecule has 0 spiro atoms. The summed E-state index contributed by atoms with van der Waals surface area (Å²) in [6, 6.07) is 18.2. The number of hydrogen-bond donors (Lipinski definition) is 1. The van der Waals surface area contributed by atoms with E-state index in [0.29, 0.717) is 61.5 Å². The number of nitrogens with zero attached hydrogens (tertiary/aromatic N) is 4. The molecule has 10 heteroatoms. The van der Waals surface area contributed by atoms with Gasteiger partial charge in [0.1, 0.15) is 47.0 Å². The van der Waals surface area contributed by atoms with Gasteiger partial charge in [0.05, 0.1) is 11.5 Å². The highest BCUT2D eigenvalue weighted by atomic mass is 19.1. The second-order valence-corrected chi connectivity index (χ2v) is 11.4. The van der Waals surface area contributed by atoms with E-state index in [9.17, 15) is 13.2 Å². The molecule has 1 atom stereocenters. The molecule has 0 unspecified atom stereocenters. The second kappa shape index (κ2) is 11.1. The van der Waals surface area contributed by atoms with E-state index in [-0.39, 0.29) is 17.7 Å². The summed E-state index contributed by atoms with van der Waals surface area (Å²) in [4.78, 5) is 8.75. The van der Waals surface area contributed by atoms with Crippen LogP contribution in [0.2, 0.25) is 0 Å². The Bertz CT molecular complexity index is 2240. The molecule has 0 aliphatic carbocycles. The molecule has 1 aliphatic heterocycles. The van der Waals surface area contributed by atoms with Crippen molar-refractivity contribution in [3.63, 3.8) is 0 Å². The number of hydrogen-bond acceptors (Lipinski definition) is 6. The summed E-state index contributed by atoms with van der Waals surface area (Å²) in [6.07, 6.45) is 1.17. The Kier molecular flexibility index (Phi) is 7.00. The molecule has 4 aromatic carbocycles. The normalized spacial score (nSPS) is 13.8. The van der Waals surface area contributed by atoms with Crippen molar-refractivity contribution in [3.8, 4) is 22.8 Å². The minimum atomic E-state index is -0.632. The average molecular weight is 620 g/mol. The van der Waals surface area contributed by atoms with E-state index < -0.39 is 23.5 Å². The predicted molar refractivity (Wildman–Crippen MR) is 172 cm³/mol. The van der Waals surface area contributed by atoms with E-state index >= 15 is 0 Å². The average Bonchev–Trinajstić information content (AvgIpc) is 3.42. The van der Waals surface area contributed by atoms with Crippen LogP contribution in [0.4, 0.5) is 19.0 Å². The smallest absolute Gasteiger partial charge is 0.165 e. The SMILES string of the molecule is C=C1C(c2cccc(F)c2)=C([C@H](C)n2nc(-c3ccc4cc(OC(C)C)c(F)cc4c3)c3c(N)ncnc32)Oc2ccc(F)cc21. The first-order chi connectivity index (χ1) is 22.1. The van der Waals surface area contributed by atoms with E-state index in [1.165, 1.54) is 42.7 Å². The monoisotopic (exact) mass is 619 g/mol. The van der Waals surface area contributed by atoms with Crippen LogP contribution in [0.3, 0.4) is 0 Å². The first-order valence-electron chi connectivity index (χ1n) is 14.6. The van der Waals surface area contributed by atoms with Crippen molar-refractivity contribution in [2.24, 2.45) is 0 Å². The van der Waals surface area contributed by atoms with Gasteiger partial charge in [0, 0.05) is 16.7 Å². The summed E-state index contributed by atoms with van der Waals surface area (Å²) < 4.78 is 57.5. The van der Waals surface area contributed by atoms with Crippen LogP contribution in [0.25, 0.3) is 44.2 Å². The van der Waals surface area contributed by atoms with E-state index in [2.05, 4.69) is 16.5 Å². The zero-order valence-corrected chi connectivity index (χ0v) is 25.2. The molecule has 0 radical (unpaired) electrons. The fourth-order valence-corrected chi connectivity index (χ4v) is 5.85. The summed E-state index contributed by atoms with van der Waals surface area (Å²) in [5, 5.41) is 6.89. The summed E-state index contributed by atoms with van der Waals surface area (Å²) >= 11 is 0. The molecule has 6 aromatic rings. The van der Waals surface area contributed by atoms with Gasteiger partial charge in [-0.1, -0.05) is 30.8 Å². The van der Waals surface area contributed by atoms with Crippen LogP contribution >= 0.6 is 0 Å². The molecule has 7 rings (SSSR count). The number of nitrogen functional groups attached to an aromatic ring is 1. The molecular weight excluding hydrogens is 591 g/mol. The first-order valence-corrected chi connectivity index (χ1v) is 14.6. The maximum absolute atomic E-state index is 15.0. The minimum absolute atomic E-state index is 0.178. The lowest BCUT2D eigenvalue weighted by Gasteiger charge is -2.29. The molecule has 0 saturated carbocycles. The van der Waals surface area contributed by atoms with Crippen molar-refractivity contribution in [2.45, 2.75) is 32.9 Å². The van der Waals surface area contributed by atoms with Gasteiger partial charge in [0.2, 0.25) is 0 Å². The van der Waals surface area contributed by atoms with Gasteiger partial charge in [-0.05, 0) is 91.2 Å². The van der Waals surface area contributed by atoms with Crippen molar-refractivity contribution < 1.29 is 22.6 Å². The number of rotatable bonds is 6. The lowest BCUT2D eigenvalue weighted by atomic mass is 9.88. The molecule has 7 nitrogen and oxygen atoms in total. The molecule has 1 aliphatic rings. The van der Waals surface area contributed by atoms with Gasteiger partial charge in [0.15, 0.2) is 17.2 Å². The number of benzene rings is 4. The van der Waals surface area contributed by atoms with Gasteiger partial charge >= 0.3 is 0 Å². The first kappa shape index (κ1) is 29.1. The second-order valence-electron chi connectivity index (χ2n) is 11.4. The van der Waals surface area contributed by atoms with E-state index in [0.717, 1.165) is 5.39 Å². The Morgan fingerprint density at radius 1 is 0.870 bits per heavy atom. The van der Waals surface area contributed by atoms with Crippen LogP contribution in [-0.4, -0.2) is 25.9 Å². The Morgan fingerprint density at radius 2 is 1.67 bits per heavy atom. The lowest BCUT2D eigenvalue weighted by molar-refractivity contribution is 0.231. The quantitative estimate of drug-likeness (QED) is 0.201. The van der Waals surface area contributed by atoms with Crippen molar-refractivity contribution in [1.29, 1.82) is 0 Å². The Balaban J connectivity index is 1.40. The van der Waals surface area contributed by atoms with Gasteiger partial charge < -0.3 is 15.2 Å². The fourth-order valence-electron chi connectivity index (χ4n) is 5.85. The van der Waals surface area contributed by atoms with Gasteiger partial charge in [-0.2, -0.15) is 5.10 Å². The Hall–Kier alpha value is -5.64. The molecule has 2 N–H and O–H groups in total. The van der Waals surface area contributed by atoms with Crippen molar-refractivity contribution >= 4 is 38.8 Å². The van der Waals surface area contributed by atoms with Gasteiger partial charge in [-0.15, -0.1) is 0 Å². The van der Waals surface area contributed by atoms with Crippen LogP contribution in [0.5, 0.6) is 11.5 Å². The highest BCUT2D eigenvalue weighted by molar-refractivity contribution is 6.07. The molecule has 3 heterocycles. The fraction of sp³-hybridized carbons (Fsp3) is 0.139. The molecule has 0 saturated heterocycles. The number of allylic oxidation sites excluding steroid dienone is 3. The van der Waals surface area contributed by atoms with Crippen LogP contribution in [0, 0.1) is 17.5 Å². The van der Waals surface area contributed by atoms with Gasteiger partial charge in [-0.25, -0.2) is 27.8 Å². The largest absolute Gasteiger partial charge is 0.488 e. The summed E-state index contributed by atoms with van der Waals surface area (Å²) in [5.41, 5.74) is 9.90. The van der Waals surface area contributed by atoms with Crippen molar-refractivity contribution in [3.05, 3.63) is 120 Å². The molecule has 0 fully saturated rings. The van der Waals surface area contributed by atoms with Crippen molar-refractivity contribution in [1.82, 2.24) is 19.7 Å². The predicted octanol–water partition coefficient (Wildman–Crippen LogP) is 8.51. The minimum Gasteiger partial charge on any atom is -0.488 e. The summed E-state index contributed by atoms with van der Waals surface area (Å²) in [7, 11) is 0. The molecule has 0 bridgehead atoms. The number of halogens is 3. The molecule has 230 valence electrons. The van der Waals surface area contributed by atoms with E-state index in [1.807, 2.05) is 39.0 Å². The lowest BCUT2D eigenvalue weighted by Crippen LogP contribution is -2.19. The number of aromatic nitrogens is 4. The third kappa shape index (κ3) is 4.92. The van der Waals surface area contributed by atoms with Gasteiger partial charge in [0.25, 0.3) is 0 Å². The highest BCUT2D eigenvalue weighted by Crippen LogP contribution is 2.46. The summed E-state index contributed by atoms with van der Waals surface area (Å²) in [6.45, 7) is 9.79. The maximum Gasteiger partial charge on any atom is 0.165 e. The third-order valence-corrected chi connectivity index (χ3v) is 7.94. The van der Waals surface area contributed by atoms with E-state index in [4.69, 9.17) is 20.3 Å². The van der Waals surface area contributed by atoms with E-state index in [1.54, 1.807) is 22.9 Å². The standard InChI is InChI=1S/C36H28F3N5O2/c1-18(2)45-30-15-21-8-9-23(12-24(21)14-28(30)39)33-32-35(40)41-17-42-36(32)44(43-33)20(4)34-31(22-6-5-7-25(37)13-22)19(3)27-16-26(38)10-11-29(27)46-34/h5-18,20H,3H2,1-2,4H3,(H2,40,41,42)/t20-/m0/s1. The van der Waals surface area contributed by atoms with Crippen LogP contribution < -0.4 is 15.2 Å². The molecule has 2 aromatic heterocycles. The number of anilines is 1. The maximum atomic E-state index is 15.0. The van der Waals surface area contributed by atoms with Gasteiger partial charge in [-0.3, -0.25) is 0 Å². The highest BCUT2D eigenvalue weighted by Gasteiger charge is 2.32. The molecule has 46 heavy (non-hydrogen) atoms. The Morgan fingerprint density at radius 3 is 2.46 bits per heavy atom. The molecular formula is C36H28F3N5O2.